The van der Waals surface area contributed by atoms with Gasteiger partial charge >= 0.3 is 0 Å². The molecule has 7 nitrogen and oxygen atoms in total. The van der Waals surface area contributed by atoms with Gasteiger partial charge in [0.1, 0.15) is 18.4 Å². The molecule has 0 heterocycles. The monoisotopic (exact) mass is 545 g/mol. The van der Waals surface area contributed by atoms with Gasteiger partial charge in [0.05, 0.1) is 11.9 Å². The molecule has 11 heteroatoms. The molecule has 0 aliphatic heterocycles. The van der Waals surface area contributed by atoms with Gasteiger partial charge in [0.2, 0.25) is 21.8 Å². The van der Waals surface area contributed by atoms with E-state index in [4.69, 9.17) is 23.2 Å². The second-order valence-corrected chi connectivity index (χ2v) is 10.9. The zero-order chi connectivity index (χ0) is 26.3. The fourth-order valence-electron chi connectivity index (χ4n) is 3.46. The summed E-state index contributed by atoms with van der Waals surface area (Å²) >= 11 is 12.7. The summed E-state index contributed by atoms with van der Waals surface area (Å²) in [6, 6.07) is 8.77. The summed E-state index contributed by atoms with van der Waals surface area (Å²) in [6.07, 6.45) is 1.87. The Morgan fingerprint density at radius 3 is 2.17 bits per heavy atom. The largest absolute Gasteiger partial charge is 0.352 e. The van der Waals surface area contributed by atoms with Gasteiger partial charge in [-0.1, -0.05) is 49.2 Å². The first-order valence-electron chi connectivity index (χ1n) is 11.1. The molecule has 0 aliphatic rings. The third kappa shape index (κ3) is 7.81. The lowest BCUT2D eigenvalue weighted by Crippen LogP contribution is -2.53. The van der Waals surface area contributed by atoms with Crippen molar-refractivity contribution in [2.45, 2.75) is 52.2 Å². The molecule has 0 aliphatic carbocycles. The van der Waals surface area contributed by atoms with Gasteiger partial charge in [-0.3, -0.25) is 13.9 Å². The van der Waals surface area contributed by atoms with Gasteiger partial charge in [0, 0.05) is 28.2 Å². The predicted molar refractivity (Wildman–Crippen MR) is 138 cm³/mol. The Morgan fingerprint density at radius 1 is 1.06 bits per heavy atom. The fraction of sp³-hybridized carbons (Fsp3) is 0.417. The highest BCUT2D eigenvalue weighted by atomic mass is 35.5. The fourth-order valence-corrected chi connectivity index (χ4v) is 4.82. The van der Waals surface area contributed by atoms with Gasteiger partial charge in [-0.15, -0.1) is 0 Å². The Morgan fingerprint density at radius 2 is 1.66 bits per heavy atom. The van der Waals surface area contributed by atoms with E-state index in [1.165, 1.54) is 23.1 Å². The van der Waals surface area contributed by atoms with Crippen LogP contribution in [0.25, 0.3) is 0 Å². The van der Waals surface area contributed by atoms with E-state index in [0.29, 0.717) is 22.0 Å². The Kier molecular flexibility index (Phi) is 10.4. The Bertz CT molecular complexity index is 1140. The van der Waals surface area contributed by atoms with Crippen LogP contribution < -0.4 is 9.62 Å². The molecular weight excluding hydrogens is 516 g/mol. The minimum atomic E-state index is -3.96. The van der Waals surface area contributed by atoms with Crippen LogP contribution in [0, 0.1) is 5.82 Å². The third-order valence-electron chi connectivity index (χ3n) is 5.55. The van der Waals surface area contributed by atoms with E-state index in [1.807, 2.05) is 13.8 Å². The predicted octanol–water partition coefficient (Wildman–Crippen LogP) is 4.62. The molecule has 2 aromatic rings. The first-order valence-corrected chi connectivity index (χ1v) is 13.7. The number of rotatable bonds is 11. The Hall–Kier alpha value is -2.36. The summed E-state index contributed by atoms with van der Waals surface area (Å²) in [4.78, 5) is 28.0. The molecule has 0 aromatic heterocycles. The maximum atomic E-state index is 13.8. The summed E-state index contributed by atoms with van der Waals surface area (Å²) in [5.74, 6) is -1.69. The van der Waals surface area contributed by atoms with Crippen molar-refractivity contribution in [1.29, 1.82) is 0 Å². The normalized spacial score (nSPS) is 13.1. The number of hydrogen-bond acceptors (Lipinski definition) is 4. The van der Waals surface area contributed by atoms with Gasteiger partial charge in [-0.25, -0.2) is 12.8 Å². The average molecular weight is 546 g/mol. The number of sulfonamides is 1. The van der Waals surface area contributed by atoms with Crippen LogP contribution in [-0.4, -0.2) is 50.0 Å². The van der Waals surface area contributed by atoms with E-state index in [1.54, 1.807) is 25.1 Å². The molecule has 2 aromatic carbocycles. The third-order valence-corrected chi connectivity index (χ3v) is 7.40. The molecule has 0 unspecified atom stereocenters. The molecule has 0 radical (unpaired) electrons. The summed E-state index contributed by atoms with van der Waals surface area (Å²) in [5.41, 5.74) is 0.421. The molecular formula is C24H30Cl2FN3O4S. The molecule has 35 heavy (non-hydrogen) atoms. The highest BCUT2D eigenvalue weighted by Crippen LogP contribution is 2.28. The average Bonchev–Trinajstić information content (AvgIpc) is 2.78. The number of carbonyl (C=O) groups excluding carboxylic acids is 2. The lowest BCUT2D eigenvalue weighted by molar-refractivity contribution is -0.140. The highest BCUT2D eigenvalue weighted by Gasteiger charge is 2.33. The Balaban J connectivity index is 2.50. The van der Waals surface area contributed by atoms with Gasteiger partial charge in [0.25, 0.3) is 0 Å². The standard InChI is InChI=1S/C24H30Cl2FN3O4S/c1-5-16(3)28-24(32)22(6-2)29(14-19-20(25)11-8-12-21(19)26)23(31)15-30(35(4,33)34)18-10-7-9-17(27)13-18/h7-13,16,22H,5-6,14-15H2,1-4H3,(H,28,32)/t16-,22-/m0/s1. The van der Waals surface area contributed by atoms with E-state index >= 15 is 0 Å². The van der Waals surface area contributed by atoms with Crippen molar-refractivity contribution in [3.05, 3.63) is 63.9 Å². The van der Waals surface area contributed by atoms with Crippen LogP contribution in [0.15, 0.2) is 42.5 Å². The van der Waals surface area contributed by atoms with Crippen molar-refractivity contribution in [2.75, 3.05) is 17.1 Å². The maximum absolute atomic E-state index is 13.8. The van der Waals surface area contributed by atoms with Crippen LogP contribution in [0.5, 0.6) is 0 Å². The van der Waals surface area contributed by atoms with E-state index in [9.17, 15) is 22.4 Å². The molecule has 0 saturated carbocycles. The highest BCUT2D eigenvalue weighted by molar-refractivity contribution is 7.92. The van der Waals surface area contributed by atoms with E-state index < -0.39 is 34.3 Å². The summed E-state index contributed by atoms with van der Waals surface area (Å²) in [7, 11) is -3.96. The molecule has 0 fully saturated rings. The number of nitrogens with zero attached hydrogens (tertiary/aromatic N) is 2. The zero-order valence-corrected chi connectivity index (χ0v) is 22.4. The van der Waals surface area contributed by atoms with Crippen molar-refractivity contribution in [1.82, 2.24) is 10.2 Å². The minimum Gasteiger partial charge on any atom is -0.352 e. The van der Waals surface area contributed by atoms with Gasteiger partial charge in [-0.05, 0) is 50.1 Å². The molecule has 0 spiro atoms. The van der Waals surface area contributed by atoms with Crippen molar-refractivity contribution in [3.8, 4) is 0 Å². The van der Waals surface area contributed by atoms with Crippen LogP contribution >= 0.6 is 23.2 Å². The topological polar surface area (TPSA) is 86.8 Å². The maximum Gasteiger partial charge on any atom is 0.244 e. The lowest BCUT2D eigenvalue weighted by atomic mass is 10.1. The van der Waals surface area contributed by atoms with E-state index in [2.05, 4.69) is 5.32 Å². The Labute approximate surface area is 216 Å². The molecule has 0 bridgehead atoms. The number of amides is 2. The quantitative estimate of drug-likeness (QED) is 0.446. The van der Waals surface area contributed by atoms with E-state index in [-0.39, 0.29) is 30.6 Å². The van der Waals surface area contributed by atoms with Crippen LogP contribution in [0.2, 0.25) is 10.0 Å². The smallest absolute Gasteiger partial charge is 0.244 e. The molecule has 2 amide bonds. The summed E-state index contributed by atoms with van der Waals surface area (Å²) in [5, 5.41) is 3.48. The molecule has 2 atom stereocenters. The summed E-state index contributed by atoms with van der Waals surface area (Å²) in [6.45, 7) is 4.75. The second-order valence-electron chi connectivity index (χ2n) is 8.21. The number of halogens is 3. The van der Waals surface area contributed by atoms with Crippen molar-refractivity contribution in [3.63, 3.8) is 0 Å². The molecule has 2 rings (SSSR count). The number of nitrogens with one attached hydrogen (secondary N) is 1. The van der Waals surface area contributed by atoms with Crippen LogP contribution in [0.3, 0.4) is 0 Å². The second kappa shape index (κ2) is 12.6. The first kappa shape index (κ1) is 28.9. The lowest BCUT2D eigenvalue weighted by Gasteiger charge is -2.33. The van der Waals surface area contributed by atoms with E-state index in [0.717, 1.165) is 16.6 Å². The molecule has 192 valence electrons. The number of benzene rings is 2. The zero-order valence-electron chi connectivity index (χ0n) is 20.1. The van der Waals surface area contributed by atoms with Gasteiger partial charge < -0.3 is 10.2 Å². The number of hydrogen-bond donors (Lipinski definition) is 1. The van der Waals surface area contributed by atoms with Crippen LogP contribution in [0.1, 0.15) is 39.2 Å². The van der Waals surface area contributed by atoms with Crippen molar-refractivity contribution in [2.24, 2.45) is 0 Å². The number of carbonyl (C=O) groups is 2. The minimum absolute atomic E-state index is 0.00585. The first-order chi connectivity index (χ1) is 16.4. The summed E-state index contributed by atoms with van der Waals surface area (Å²) < 4.78 is 39.7. The van der Waals surface area contributed by atoms with Gasteiger partial charge in [0.15, 0.2) is 0 Å². The molecule has 1 N–H and O–H groups in total. The molecule has 0 saturated heterocycles. The van der Waals surface area contributed by atoms with Crippen molar-refractivity contribution < 1.29 is 22.4 Å². The SMILES string of the molecule is CC[C@H](C)NC(=O)[C@H](CC)N(Cc1c(Cl)cccc1Cl)C(=O)CN(c1cccc(F)c1)S(C)(=O)=O. The van der Waals surface area contributed by atoms with Gasteiger partial charge in [-0.2, -0.15) is 0 Å². The van der Waals surface area contributed by atoms with Crippen LogP contribution in [0.4, 0.5) is 10.1 Å². The van der Waals surface area contributed by atoms with Crippen molar-refractivity contribution >= 4 is 50.7 Å². The van der Waals surface area contributed by atoms with Crippen LogP contribution in [-0.2, 0) is 26.2 Å². The number of anilines is 1.